The highest BCUT2D eigenvalue weighted by Crippen LogP contribution is 2.54. The summed E-state index contributed by atoms with van der Waals surface area (Å²) in [5, 5.41) is 9.28. The van der Waals surface area contributed by atoms with E-state index in [2.05, 4.69) is 4.74 Å². The van der Waals surface area contributed by atoms with Crippen LogP contribution in [0.25, 0.3) is 0 Å². The van der Waals surface area contributed by atoms with Crippen LogP contribution >= 0.6 is 0 Å². The summed E-state index contributed by atoms with van der Waals surface area (Å²) < 4.78 is 130. The Labute approximate surface area is 260 Å². The zero-order valence-electron chi connectivity index (χ0n) is 24.4. The molecule has 2 aromatic rings. The largest absolute Gasteiger partial charge is 0.481 e. The van der Waals surface area contributed by atoms with Crippen LogP contribution in [0.3, 0.4) is 0 Å². The normalized spacial score (nSPS) is 24.6. The molecule has 1 amide bonds. The molecule has 1 saturated heterocycles. The van der Waals surface area contributed by atoms with Crippen molar-refractivity contribution in [2.75, 3.05) is 19.7 Å². The fourth-order valence-corrected chi connectivity index (χ4v) is 8.61. The predicted molar refractivity (Wildman–Crippen MR) is 148 cm³/mol. The number of ether oxygens (including phenoxy) is 1. The topological polar surface area (TPSA) is 101 Å². The molecule has 0 bridgehead atoms. The van der Waals surface area contributed by atoms with Gasteiger partial charge in [-0.3, -0.25) is 9.59 Å². The molecule has 2 saturated carbocycles. The highest BCUT2D eigenvalue weighted by molar-refractivity contribution is 7.92. The molecule has 0 aromatic heterocycles. The predicted octanol–water partition coefficient (Wildman–Crippen LogP) is 6.36. The van der Waals surface area contributed by atoms with Gasteiger partial charge in [0.1, 0.15) is 10.6 Å². The minimum atomic E-state index is -5.91. The maximum absolute atomic E-state index is 14.3. The molecular weight excluding hydrogens is 647 g/mol. The first-order valence-corrected chi connectivity index (χ1v) is 16.3. The summed E-state index contributed by atoms with van der Waals surface area (Å²) in [6.07, 6.45) is -10.2. The van der Waals surface area contributed by atoms with Gasteiger partial charge >= 0.3 is 18.3 Å². The number of hydrogen-bond acceptors (Lipinski definition) is 5. The van der Waals surface area contributed by atoms with E-state index in [1.165, 1.54) is 4.90 Å². The Bertz CT molecular complexity index is 1530. The van der Waals surface area contributed by atoms with E-state index in [4.69, 9.17) is 0 Å². The first-order valence-electron chi connectivity index (χ1n) is 14.8. The number of rotatable bonds is 9. The van der Waals surface area contributed by atoms with Gasteiger partial charge in [0.05, 0.1) is 17.4 Å². The molecule has 2 aromatic carbocycles. The van der Waals surface area contributed by atoms with E-state index in [9.17, 15) is 53.8 Å². The maximum Gasteiger partial charge on any atom is 0.430 e. The minimum absolute atomic E-state index is 0.0978. The summed E-state index contributed by atoms with van der Waals surface area (Å²) in [4.78, 5) is 25.8. The van der Waals surface area contributed by atoms with Crippen LogP contribution in [0.15, 0.2) is 53.4 Å². The number of halogens is 7. The number of hydrogen-bond donors (Lipinski definition) is 1. The van der Waals surface area contributed by atoms with Gasteiger partial charge in [-0.1, -0.05) is 24.3 Å². The second kappa shape index (κ2) is 12.1. The number of likely N-dealkylation sites (tertiary alicyclic amines) is 1. The van der Waals surface area contributed by atoms with Crippen LogP contribution in [0.4, 0.5) is 30.7 Å². The highest BCUT2D eigenvalue weighted by atomic mass is 32.2. The number of carbonyl (C=O) groups is 2. The van der Waals surface area contributed by atoms with Crippen molar-refractivity contribution in [3.05, 3.63) is 65.5 Å². The molecule has 252 valence electrons. The van der Waals surface area contributed by atoms with Gasteiger partial charge < -0.3 is 14.7 Å². The fraction of sp³-hybridized carbons (Fsp3) is 0.548. The smallest absolute Gasteiger partial charge is 0.430 e. The summed E-state index contributed by atoms with van der Waals surface area (Å²) in [7, 11) is -4.52. The Balaban J connectivity index is 1.53. The molecule has 1 N–H and O–H groups in total. The molecule has 0 radical (unpaired) electrons. The number of sulfone groups is 1. The van der Waals surface area contributed by atoms with Gasteiger partial charge in [-0.15, -0.1) is 0 Å². The summed E-state index contributed by atoms with van der Waals surface area (Å²) in [5.41, 5.74) is -6.07. The Morgan fingerprint density at radius 3 is 1.89 bits per heavy atom. The van der Waals surface area contributed by atoms with Crippen LogP contribution in [0.5, 0.6) is 0 Å². The summed E-state index contributed by atoms with van der Waals surface area (Å²) in [5.74, 6) is -3.75. The number of carbonyl (C=O) groups excluding carboxylic acids is 1. The molecule has 5 rings (SSSR count). The lowest BCUT2D eigenvalue weighted by Gasteiger charge is -2.38. The zero-order chi connectivity index (χ0) is 33.7. The van der Waals surface area contributed by atoms with Gasteiger partial charge in [-0.05, 0) is 80.7 Å². The number of benzene rings is 2. The summed E-state index contributed by atoms with van der Waals surface area (Å²) >= 11 is 0. The lowest BCUT2D eigenvalue weighted by molar-refractivity contribution is -0.390. The van der Waals surface area contributed by atoms with E-state index < -0.39 is 86.7 Å². The number of amides is 1. The Kier molecular flexibility index (Phi) is 8.99. The third-order valence-electron chi connectivity index (χ3n) is 9.46. The first-order chi connectivity index (χ1) is 21.4. The number of alkyl halides is 6. The number of nitrogens with zero attached hydrogens (tertiary/aromatic N) is 1. The van der Waals surface area contributed by atoms with E-state index in [0.29, 0.717) is 25.0 Å². The Morgan fingerprint density at radius 2 is 1.39 bits per heavy atom. The molecule has 1 aliphatic heterocycles. The maximum atomic E-state index is 14.3. The van der Waals surface area contributed by atoms with Crippen molar-refractivity contribution >= 4 is 21.7 Å². The third-order valence-corrected chi connectivity index (χ3v) is 11.9. The van der Waals surface area contributed by atoms with Crippen LogP contribution in [0.2, 0.25) is 0 Å². The van der Waals surface area contributed by atoms with Gasteiger partial charge in [0.2, 0.25) is 5.91 Å². The first kappa shape index (κ1) is 34.1. The van der Waals surface area contributed by atoms with Crippen molar-refractivity contribution in [1.29, 1.82) is 0 Å². The Hall–Kier alpha value is -3.20. The van der Waals surface area contributed by atoms with Gasteiger partial charge in [-0.2, -0.15) is 26.3 Å². The van der Waals surface area contributed by atoms with Crippen molar-refractivity contribution in [2.24, 2.45) is 17.8 Å². The standard InChI is InChI=1S/C31H32F7NO6S/c32-24-11-13-25(14-12-24)46(43,44)28(15-16-39(18-28)26(40)20-3-5-21(6-4-20)27(41)42)22-7-9-23(10-8-22)29(30(33,34)35,31(36,37)38)45-17-19-1-2-19/h7-14,19-21H,1-6,15-18H2,(H,41,42)/t20-,21-,28-/m0/s1. The molecule has 0 spiro atoms. The van der Waals surface area contributed by atoms with Crippen LogP contribution in [-0.4, -0.2) is 62.3 Å². The second-order valence-electron chi connectivity index (χ2n) is 12.4. The summed E-state index contributed by atoms with van der Waals surface area (Å²) in [6.45, 7) is -1.33. The third kappa shape index (κ3) is 6.00. The van der Waals surface area contributed by atoms with Crippen molar-refractivity contribution in [2.45, 2.75) is 72.5 Å². The molecule has 1 atom stereocenters. The lowest BCUT2D eigenvalue weighted by Crippen LogP contribution is -2.56. The monoisotopic (exact) mass is 679 g/mol. The number of carboxylic acids is 1. The molecule has 3 aliphatic rings. The molecular formula is C31H32F7NO6S. The molecule has 7 nitrogen and oxygen atoms in total. The zero-order valence-corrected chi connectivity index (χ0v) is 25.2. The van der Waals surface area contributed by atoms with Crippen molar-refractivity contribution in [3.63, 3.8) is 0 Å². The number of aliphatic carboxylic acids is 1. The van der Waals surface area contributed by atoms with Gasteiger partial charge in [0.25, 0.3) is 5.60 Å². The van der Waals surface area contributed by atoms with Gasteiger partial charge in [-0.25, -0.2) is 12.8 Å². The SMILES string of the molecule is O=C(O)[C@H]1CC[C@H](C(=O)N2CC[C@](c3ccc(C(OCC4CC4)(C(F)(F)F)C(F)(F)F)cc3)(S(=O)(=O)c3ccc(F)cc3)C2)CC1. The van der Waals surface area contributed by atoms with E-state index in [1.807, 2.05) is 0 Å². The van der Waals surface area contributed by atoms with E-state index in [0.717, 1.165) is 36.4 Å². The minimum Gasteiger partial charge on any atom is -0.481 e. The van der Waals surface area contributed by atoms with Crippen molar-refractivity contribution in [3.8, 4) is 0 Å². The molecule has 1 heterocycles. The highest BCUT2D eigenvalue weighted by Gasteiger charge is 2.73. The molecule has 15 heteroatoms. The Morgan fingerprint density at radius 1 is 0.848 bits per heavy atom. The molecule has 2 aliphatic carbocycles. The fourth-order valence-electron chi connectivity index (χ4n) is 6.54. The van der Waals surface area contributed by atoms with E-state index in [1.54, 1.807) is 0 Å². The van der Waals surface area contributed by atoms with Crippen LogP contribution in [-0.2, 0) is 34.5 Å². The lowest BCUT2D eigenvalue weighted by atomic mass is 9.81. The quantitative estimate of drug-likeness (QED) is 0.245. The van der Waals surface area contributed by atoms with E-state index >= 15 is 0 Å². The van der Waals surface area contributed by atoms with Gasteiger partial charge in [0.15, 0.2) is 9.84 Å². The molecule has 3 fully saturated rings. The van der Waals surface area contributed by atoms with Crippen molar-refractivity contribution < 1.29 is 58.6 Å². The number of carboxylic acid groups (broad SMARTS) is 1. The summed E-state index contributed by atoms with van der Waals surface area (Å²) in [6, 6.07) is 6.70. The van der Waals surface area contributed by atoms with Crippen molar-refractivity contribution in [1.82, 2.24) is 4.90 Å². The average Bonchev–Trinajstić information content (AvgIpc) is 3.70. The second-order valence-corrected chi connectivity index (χ2v) is 14.6. The van der Waals surface area contributed by atoms with Crippen LogP contribution < -0.4 is 0 Å². The molecule has 46 heavy (non-hydrogen) atoms. The average molecular weight is 680 g/mol. The molecule has 0 unspecified atom stereocenters. The van der Waals surface area contributed by atoms with E-state index in [-0.39, 0.29) is 49.1 Å². The van der Waals surface area contributed by atoms with Crippen LogP contribution in [0.1, 0.15) is 56.1 Å². The van der Waals surface area contributed by atoms with Gasteiger partial charge in [0, 0.05) is 24.6 Å². The van der Waals surface area contributed by atoms with Crippen LogP contribution in [0, 0.1) is 23.6 Å².